The number of hydrogen-bond donors (Lipinski definition) is 0. The van der Waals surface area contributed by atoms with Gasteiger partial charge >= 0.3 is 0 Å². The lowest BCUT2D eigenvalue weighted by atomic mass is 9.82. The number of nitrogens with zero attached hydrogens (tertiary/aromatic N) is 1. The normalized spacial score (nSPS) is 17.8. The van der Waals surface area contributed by atoms with E-state index in [9.17, 15) is 0 Å². The average molecular weight is 332 g/mol. The molecule has 0 saturated carbocycles. The van der Waals surface area contributed by atoms with E-state index in [1.807, 2.05) is 0 Å². The van der Waals surface area contributed by atoms with E-state index >= 15 is 0 Å². The SMILES string of the molecule is CCC[N+]1=C(C)C(C)(C)c2ccc([131I])cc21. The van der Waals surface area contributed by atoms with Crippen LogP contribution in [0.15, 0.2) is 18.2 Å². The van der Waals surface area contributed by atoms with Crippen molar-refractivity contribution in [2.24, 2.45) is 0 Å². The van der Waals surface area contributed by atoms with E-state index in [1.165, 1.54) is 27.0 Å². The van der Waals surface area contributed by atoms with Crippen LogP contribution in [-0.4, -0.2) is 16.8 Å². The highest BCUT2D eigenvalue weighted by molar-refractivity contribution is 14.1. The van der Waals surface area contributed by atoms with E-state index in [-0.39, 0.29) is 5.41 Å². The van der Waals surface area contributed by atoms with E-state index in [2.05, 4.69) is 73.1 Å². The zero-order chi connectivity index (χ0) is 11.9. The van der Waals surface area contributed by atoms with Gasteiger partial charge in [-0.3, -0.25) is 0 Å². The molecule has 0 radical (unpaired) electrons. The van der Waals surface area contributed by atoms with Gasteiger partial charge in [-0.1, -0.05) is 13.0 Å². The number of fused-ring (bicyclic) bond motifs is 1. The van der Waals surface area contributed by atoms with Gasteiger partial charge < -0.3 is 0 Å². The van der Waals surface area contributed by atoms with Crippen LogP contribution in [0.1, 0.15) is 39.7 Å². The summed E-state index contributed by atoms with van der Waals surface area (Å²) in [4.78, 5) is 0. The van der Waals surface area contributed by atoms with Crippen molar-refractivity contribution >= 4 is 34.0 Å². The zero-order valence-corrected chi connectivity index (χ0v) is 12.6. The van der Waals surface area contributed by atoms with Gasteiger partial charge in [-0.2, -0.15) is 4.58 Å². The minimum absolute atomic E-state index is 0.189. The van der Waals surface area contributed by atoms with Crippen LogP contribution in [0, 0.1) is 3.57 Å². The Morgan fingerprint density at radius 1 is 1.31 bits per heavy atom. The summed E-state index contributed by atoms with van der Waals surface area (Å²) < 4.78 is 3.81. The molecule has 0 saturated heterocycles. The Hall–Kier alpha value is -0.380. The second-order valence-electron chi connectivity index (χ2n) is 5.02. The molecule has 0 aromatic heterocycles. The summed E-state index contributed by atoms with van der Waals surface area (Å²) in [5.41, 5.74) is 4.55. The predicted molar refractivity (Wildman–Crippen MR) is 77.9 cm³/mol. The molecule has 0 spiro atoms. The third-order valence-electron chi connectivity index (χ3n) is 3.68. The lowest BCUT2D eigenvalue weighted by molar-refractivity contribution is -0.439. The zero-order valence-electron chi connectivity index (χ0n) is 10.5. The summed E-state index contributed by atoms with van der Waals surface area (Å²) in [6.45, 7) is 10.3. The molecule has 1 aliphatic heterocycles. The first-order chi connectivity index (χ1) is 7.48. The molecule has 1 heterocycles. The minimum Gasteiger partial charge on any atom is -0.199 e. The molecule has 0 N–H and O–H groups in total. The maximum absolute atomic E-state index is 2.48. The van der Waals surface area contributed by atoms with Crippen molar-refractivity contribution in [3.8, 4) is 0 Å². The van der Waals surface area contributed by atoms with E-state index in [1.54, 1.807) is 0 Å². The van der Waals surface area contributed by atoms with Gasteiger partial charge in [0, 0.05) is 28.5 Å². The number of hydrogen-bond acceptors (Lipinski definition) is 0. The molecule has 1 aliphatic rings. The molecule has 0 amide bonds. The topological polar surface area (TPSA) is 3.01 Å². The molecule has 2 heteroatoms. The first-order valence-electron chi connectivity index (χ1n) is 5.90. The molecule has 2 rings (SSSR count). The quantitative estimate of drug-likeness (QED) is 0.567. The smallest absolute Gasteiger partial charge is 0.199 e. The van der Waals surface area contributed by atoms with Crippen molar-refractivity contribution in [1.29, 1.82) is 0 Å². The van der Waals surface area contributed by atoms with Gasteiger partial charge in [-0.05, 0) is 42.5 Å². The van der Waals surface area contributed by atoms with Gasteiger partial charge in [0.1, 0.15) is 6.54 Å². The second kappa shape index (κ2) is 4.13. The molecule has 1 aromatic rings. The summed E-state index contributed by atoms with van der Waals surface area (Å²) in [5, 5.41) is 0. The fourth-order valence-electron chi connectivity index (χ4n) is 2.48. The van der Waals surface area contributed by atoms with Crippen LogP contribution in [0.3, 0.4) is 0 Å². The van der Waals surface area contributed by atoms with Crippen molar-refractivity contribution in [2.45, 2.75) is 39.5 Å². The van der Waals surface area contributed by atoms with E-state index in [0.29, 0.717) is 0 Å². The summed E-state index contributed by atoms with van der Waals surface area (Å²) in [6.07, 6.45) is 1.19. The van der Waals surface area contributed by atoms with Crippen LogP contribution in [0.2, 0.25) is 0 Å². The number of rotatable bonds is 2. The highest BCUT2D eigenvalue weighted by Gasteiger charge is 2.42. The molecule has 86 valence electrons. The lowest BCUT2D eigenvalue weighted by Crippen LogP contribution is -2.26. The van der Waals surface area contributed by atoms with Gasteiger partial charge in [0.2, 0.25) is 5.69 Å². The average Bonchev–Trinajstić information content (AvgIpc) is 2.40. The minimum atomic E-state index is 0.189. The fraction of sp³-hybridized carbons (Fsp3) is 0.500. The molecule has 0 bridgehead atoms. The second-order valence-corrected chi connectivity index (χ2v) is 6.27. The van der Waals surface area contributed by atoms with Crippen LogP contribution < -0.4 is 0 Å². The molecule has 0 unspecified atom stereocenters. The largest absolute Gasteiger partial charge is 0.210 e. The first-order valence-corrected chi connectivity index (χ1v) is 6.98. The Balaban J connectivity index is 2.63. The van der Waals surface area contributed by atoms with E-state index < -0.39 is 0 Å². The Bertz CT molecular complexity index is 458. The summed E-state index contributed by atoms with van der Waals surface area (Å²) in [7, 11) is 0. The molecule has 0 atom stereocenters. The Labute approximate surface area is 112 Å². The fourth-order valence-corrected chi connectivity index (χ4v) is 2.96. The van der Waals surface area contributed by atoms with Gasteiger partial charge in [0.25, 0.3) is 0 Å². The van der Waals surface area contributed by atoms with Crippen molar-refractivity contribution in [1.82, 2.24) is 0 Å². The predicted octanol–water partition coefficient (Wildman–Crippen LogP) is 4.10. The summed E-state index contributed by atoms with van der Waals surface area (Å²) >= 11 is 2.39. The maximum atomic E-state index is 2.48. The third kappa shape index (κ3) is 1.71. The van der Waals surface area contributed by atoms with E-state index in [0.717, 1.165) is 6.54 Å². The highest BCUT2D eigenvalue weighted by atomic mass is 131. The summed E-state index contributed by atoms with van der Waals surface area (Å²) in [6, 6.07) is 6.81. The van der Waals surface area contributed by atoms with Crippen LogP contribution in [0.25, 0.3) is 0 Å². The molecular weight excluding hydrogens is 313 g/mol. The van der Waals surface area contributed by atoms with Crippen LogP contribution in [0.5, 0.6) is 0 Å². The van der Waals surface area contributed by atoms with Crippen LogP contribution in [-0.2, 0) is 5.41 Å². The van der Waals surface area contributed by atoms with E-state index in [4.69, 9.17) is 0 Å². The van der Waals surface area contributed by atoms with Crippen molar-refractivity contribution in [3.63, 3.8) is 0 Å². The molecule has 1 aromatic carbocycles. The number of halogens is 1. The van der Waals surface area contributed by atoms with Gasteiger partial charge in [-0.15, -0.1) is 0 Å². The number of benzene rings is 1. The standard InChI is InChI=1S/C14H19IN/c1-5-8-16-10(2)14(3,4)12-7-6-11(15)9-13(12)16/h6-7,9H,5,8H2,1-4H3/q+1/i15+4. The van der Waals surface area contributed by atoms with Gasteiger partial charge in [-0.25, -0.2) is 0 Å². The molecular formula is C14H19IN+. The van der Waals surface area contributed by atoms with Crippen molar-refractivity contribution < 1.29 is 4.58 Å². The van der Waals surface area contributed by atoms with Crippen molar-refractivity contribution in [3.05, 3.63) is 27.3 Å². The van der Waals surface area contributed by atoms with Gasteiger partial charge in [0.05, 0.1) is 5.41 Å². The molecule has 0 fully saturated rings. The Kier molecular flexibility index (Phi) is 3.12. The highest BCUT2D eigenvalue weighted by Crippen LogP contribution is 2.40. The summed E-state index contributed by atoms with van der Waals surface area (Å²) in [5.74, 6) is 0. The maximum Gasteiger partial charge on any atom is 0.210 e. The van der Waals surface area contributed by atoms with Crippen molar-refractivity contribution in [2.75, 3.05) is 6.54 Å². The van der Waals surface area contributed by atoms with Gasteiger partial charge in [0.15, 0.2) is 5.71 Å². The molecule has 1 nitrogen and oxygen atoms in total. The molecule has 0 aliphatic carbocycles. The monoisotopic (exact) mass is 332 g/mol. The van der Waals surface area contributed by atoms with Crippen LogP contribution in [0.4, 0.5) is 5.69 Å². The first kappa shape index (κ1) is 12.1. The third-order valence-corrected chi connectivity index (χ3v) is 4.35. The lowest BCUT2D eigenvalue weighted by Gasteiger charge is -2.14. The Morgan fingerprint density at radius 2 is 2.00 bits per heavy atom. The van der Waals surface area contributed by atoms with Crippen LogP contribution >= 0.6 is 22.6 Å². The molecule has 16 heavy (non-hydrogen) atoms. The Morgan fingerprint density at radius 3 is 2.62 bits per heavy atom.